The molecule has 0 saturated heterocycles. The van der Waals surface area contributed by atoms with Gasteiger partial charge >= 0.3 is 5.97 Å². The quantitative estimate of drug-likeness (QED) is 0.514. The number of esters is 1. The third-order valence-corrected chi connectivity index (χ3v) is 4.48. The Hall–Kier alpha value is -2.74. The molecule has 0 radical (unpaired) electrons. The van der Waals surface area contributed by atoms with Gasteiger partial charge in [-0.25, -0.2) is 4.79 Å². The number of aliphatic hydroxyl groups is 1. The summed E-state index contributed by atoms with van der Waals surface area (Å²) in [7, 11) is 0. The fraction of sp³-hybridized carbons (Fsp3) is 0.238. The first-order chi connectivity index (χ1) is 14.4. The van der Waals surface area contributed by atoms with Gasteiger partial charge in [-0.2, -0.15) is 0 Å². The van der Waals surface area contributed by atoms with Gasteiger partial charge in [-0.05, 0) is 37.3 Å². The van der Waals surface area contributed by atoms with Gasteiger partial charge < -0.3 is 23.7 Å². The predicted molar refractivity (Wildman–Crippen MR) is 112 cm³/mol. The minimum atomic E-state index is -1.00. The van der Waals surface area contributed by atoms with Crippen molar-refractivity contribution in [3.05, 3.63) is 68.5 Å². The van der Waals surface area contributed by atoms with Gasteiger partial charge in [0.15, 0.2) is 5.43 Å². The van der Waals surface area contributed by atoms with Gasteiger partial charge in [-0.1, -0.05) is 29.3 Å². The summed E-state index contributed by atoms with van der Waals surface area (Å²) in [6, 6.07) is 10.5. The van der Waals surface area contributed by atoms with Gasteiger partial charge in [0.05, 0.1) is 11.6 Å². The number of hydrogen-bond acceptors (Lipinski definition) is 7. The molecule has 0 aliphatic rings. The van der Waals surface area contributed by atoms with E-state index in [1.807, 2.05) is 0 Å². The van der Waals surface area contributed by atoms with Crippen molar-refractivity contribution in [1.82, 2.24) is 0 Å². The summed E-state index contributed by atoms with van der Waals surface area (Å²) in [5.41, 5.74) is -0.296. The number of fused-ring (bicyclic) bond motifs is 1. The Morgan fingerprint density at radius 2 is 1.83 bits per heavy atom. The zero-order valence-electron chi connectivity index (χ0n) is 15.9. The van der Waals surface area contributed by atoms with Crippen molar-refractivity contribution in [2.75, 3.05) is 19.8 Å². The maximum Gasteiger partial charge on any atom is 0.374 e. The van der Waals surface area contributed by atoms with Gasteiger partial charge in [0, 0.05) is 11.1 Å². The van der Waals surface area contributed by atoms with E-state index in [1.165, 1.54) is 12.1 Å². The molecule has 7 nitrogen and oxygen atoms in total. The minimum absolute atomic E-state index is 0.0896. The van der Waals surface area contributed by atoms with Crippen molar-refractivity contribution in [3.8, 4) is 11.5 Å². The molecular formula is C21H18Cl2O7. The molecule has 1 atom stereocenters. The van der Waals surface area contributed by atoms with E-state index in [0.717, 1.165) is 6.07 Å². The van der Waals surface area contributed by atoms with E-state index < -0.39 is 17.5 Å². The van der Waals surface area contributed by atoms with Crippen LogP contribution in [0.3, 0.4) is 0 Å². The van der Waals surface area contributed by atoms with Gasteiger partial charge in [-0.15, -0.1) is 0 Å². The van der Waals surface area contributed by atoms with E-state index >= 15 is 0 Å². The zero-order chi connectivity index (χ0) is 21.7. The molecule has 0 saturated carbocycles. The monoisotopic (exact) mass is 452 g/mol. The second kappa shape index (κ2) is 9.84. The molecule has 0 amide bonds. The molecule has 0 aliphatic heterocycles. The number of rotatable bonds is 8. The topological polar surface area (TPSA) is 95.2 Å². The molecule has 0 bridgehead atoms. The van der Waals surface area contributed by atoms with E-state index in [4.69, 9.17) is 41.8 Å². The van der Waals surface area contributed by atoms with E-state index in [2.05, 4.69) is 0 Å². The molecule has 0 spiro atoms. The van der Waals surface area contributed by atoms with Crippen LogP contribution in [0.5, 0.6) is 11.5 Å². The average Bonchev–Trinajstić information content (AvgIpc) is 2.71. The molecule has 1 aromatic heterocycles. The van der Waals surface area contributed by atoms with Crippen molar-refractivity contribution >= 4 is 40.1 Å². The Balaban J connectivity index is 1.69. The van der Waals surface area contributed by atoms with Crippen LogP contribution in [0.1, 0.15) is 17.5 Å². The normalized spacial score (nSPS) is 11.9. The number of halogens is 2. The number of benzene rings is 2. The van der Waals surface area contributed by atoms with Gasteiger partial charge in [0.2, 0.25) is 5.76 Å². The Kier molecular flexibility index (Phi) is 7.20. The minimum Gasteiger partial charge on any atom is -0.490 e. The molecule has 3 rings (SSSR count). The van der Waals surface area contributed by atoms with E-state index in [9.17, 15) is 14.7 Å². The molecule has 1 heterocycles. The molecule has 3 aromatic rings. The van der Waals surface area contributed by atoms with E-state index in [-0.39, 0.29) is 42.3 Å². The third kappa shape index (κ3) is 5.24. The van der Waals surface area contributed by atoms with Gasteiger partial charge in [0.25, 0.3) is 0 Å². The van der Waals surface area contributed by atoms with E-state index in [1.54, 1.807) is 31.2 Å². The SMILES string of the molecule is CCOC(=O)c1cc(=O)c2c(OCC(O)COc3ccc(Cl)cc3Cl)cccc2o1. The Labute approximate surface area is 181 Å². The number of carbonyl (C=O) groups is 1. The Morgan fingerprint density at radius 1 is 1.10 bits per heavy atom. The molecule has 1 unspecified atom stereocenters. The molecule has 158 valence electrons. The van der Waals surface area contributed by atoms with Gasteiger partial charge in [-0.3, -0.25) is 4.79 Å². The summed E-state index contributed by atoms with van der Waals surface area (Å²) in [6.45, 7) is 1.57. The van der Waals surface area contributed by atoms with Crippen LogP contribution in [0.4, 0.5) is 0 Å². The van der Waals surface area contributed by atoms with Crippen LogP contribution in [-0.2, 0) is 4.74 Å². The summed E-state index contributed by atoms with van der Waals surface area (Å²) in [5.74, 6) is -0.339. The Morgan fingerprint density at radius 3 is 2.53 bits per heavy atom. The average molecular weight is 453 g/mol. The van der Waals surface area contributed by atoms with Crippen LogP contribution in [-0.4, -0.2) is 37.0 Å². The standard InChI is InChI=1S/C21H18Cl2O7/c1-2-27-21(26)19-9-15(25)20-17(4-3-5-18(20)30-19)29-11-13(24)10-28-16-7-6-12(22)8-14(16)23/h3-9,13,24H,2,10-11H2,1H3. The first-order valence-corrected chi connectivity index (χ1v) is 9.77. The molecule has 30 heavy (non-hydrogen) atoms. The number of ether oxygens (including phenoxy) is 3. The second-order valence-corrected chi connectivity index (χ2v) is 7.02. The highest BCUT2D eigenvalue weighted by Gasteiger charge is 2.17. The largest absolute Gasteiger partial charge is 0.490 e. The molecule has 2 aromatic carbocycles. The zero-order valence-corrected chi connectivity index (χ0v) is 17.4. The molecular weight excluding hydrogens is 435 g/mol. The van der Waals surface area contributed by atoms with E-state index in [0.29, 0.717) is 15.8 Å². The third-order valence-electron chi connectivity index (χ3n) is 3.95. The lowest BCUT2D eigenvalue weighted by molar-refractivity contribution is 0.0490. The lowest BCUT2D eigenvalue weighted by Gasteiger charge is -2.15. The smallest absolute Gasteiger partial charge is 0.374 e. The van der Waals surface area contributed by atoms with Crippen LogP contribution in [0.2, 0.25) is 10.0 Å². The molecule has 9 heteroatoms. The summed E-state index contributed by atoms with van der Waals surface area (Å²) in [5, 5.41) is 11.1. The number of carbonyl (C=O) groups excluding carboxylic acids is 1. The van der Waals surface area contributed by atoms with Crippen LogP contribution < -0.4 is 14.9 Å². The first-order valence-electron chi connectivity index (χ1n) is 9.01. The highest BCUT2D eigenvalue weighted by Crippen LogP contribution is 2.28. The molecule has 1 N–H and O–H groups in total. The summed E-state index contributed by atoms with van der Waals surface area (Å²) in [6.07, 6.45) is -1.00. The van der Waals surface area contributed by atoms with Crippen LogP contribution >= 0.6 is 23.2 Å². The van der Waals surface area contributed by atoms with Crippen LogP contribution in [0.15, 0.2) is 51.7 Å². The van der Waals surface area contributed by atoms with Gasteiger partial charge in [0.1, 0.15) is 41.8 Å². The van der Waals surface area contributed by atoms with Crippen molar-refractivity contribution < 1.29 is 28.5 Å². The lowest BCUT2D eigenvalue weighted by atomic mass is 10.2. The second-order valence-electron chi connectivity index (χ2n) is 6.18. The number of hydrogen-bond donors (Lipinski definition) is 1. The highest BCUT2D eigenvalue weighted by molar-refractivity contribution is 6.35. The molecule has 0 fully saturated rings. The maximum atomic E-state index is 12.5. The first kappa shape index (κ1) is 22.0. The summed E-state index contributed by atoms with van der Waals surface area (Å²) in [4.78, 5) is 24.3. The lowest BCUT2D eigenvalue weighted by Crippen LogP contribution is -2.25. The fourth-order valence-corrected chi connectivity index (χ4v) is 3.08. The summed E-state index contributed by atoms with van der Waals surface area (Å²) >= 11 is 11.9. The molecule has 0 aliphatic carbocycles. The Bertz CT molecular complexity index is 1110. The van der Waals surface area contributed by atoms with Crippen LogP contribution in [0.25, 0.3) is 11.0 Å². The fourth-order valence-electron chi connectivity index (χ4n) is 2.61. The predicted octanol–water partition coefficient (Wildman–Crippen LogP) is 4.10. The number of aliphatic hydroxyl groups excluding tert-OH is 1. The van der Waals surface area contributed by atoms with Crippen molar-refractivity contribution in [1.29, 1.82) is 0 Å². The summed E-state index contributed by atoms with van der Waals surface area (Å²) < 4.78 is 21.4. The highest BCUT2D eigenvalue weighted by atomic mass is 35.5. The van der Waals surface area contributed by atoms with Crippen molar-refractivity contribution in [2.24, 2.45) is 0 Å². The maximum absolute atomic E-state index is 12.5. The van der Waals surface area contributed by atoms with Crippen LogP contribution in [0, 0.1) is 0 Å². The van der Waals surface area contributed by atoms with Crippen molar-refractivity contribution in [3.63, 3.8) is 0 Å². The van der Waals surface area contributed by atoms with Crippen molar-refractivity contribution in [2.45, 2.75) is 13.0 Å².